The molecule has 2 rings (SSSR count). The average molecular weight is 364 g/mol. The van der Waals surface area contributed by atoms with Crippen molar-refractivity contribution in [2.45, 2.75) is 13.8 Å². The lowest BCUT2D eigenvalue weighted by atomic mass is 10.2. The van der Waals surface area contributed by atoms with Crippen LogP contribution in [0.5, 0.6) is 5.75 Å². The Morgan fingerprint density at radius 1 is 1.08 bits per heavy atom. The first kappa shape index (κ1) is 18.4. The third-order valence-corrected chi connectivity index (χ3v) is 4.10. The molecular weight excluding hydrogens is 342 g/mol. The molecule has 24 heavy (non-hydrogen) atoms. The first-order valence-corrected chi connectivity index (χ1v) is 8.62. The predicted octanol–water partition coefficient (Wildman–Crippen LogP) is 5.00. The number of halogens is 1. The normalized spacial score (nSPS) is 10.2. The van der Waals surface area contributed by atoms with Crippen molar-refractivity contribution in [3.8, 4) is 5.75 Å². The van der Waals surface area contributed by atoms with Gasteiger partial charge in [0.2, 0.25) is 0 Å². The first-order valence-electron chi connectivity index (χ1n) is 7.84. The van der Waals surface area contributed by atoms with E-state index in [9.17, 15) is 0 Å². The van der Waals surface area contributed by atoms with Gasteiger partial charge in [0.05, 0.1) is 12.8 Å². The van der Waals surface area contributed by atoms with Gasteiger partial charge in [0, 0.05) is 29.5 Å². The number of nitrogens with one attached hydrogen (secondary N) is 2. The van der Waals surface area contributed by atoms with Gasteiger partial charge >= 0.3 is 0 Å². The van der Waals surface area contributed by atoms with Crippen molar-refractivity contribution < 1.29 is 4.74 Å². The summed E-state index contributed by atoms with van der Waals surface area (Å²) >= 11 is 11.4. The number of nitrogens with zero attached hydrogens (tertiary/aromatic N) is 1. The minimum Gasteiger partial charge on any atom is -0.495 e. The molecule has 0 amide bonds. The molecule has 0 bridgehead atoms. The van der Waals surface area contributed by atoms with Crippen LogP contribution in [0.2, 0.25) is 5.02 Å². The third kappa shape index (κ3) is 4.76. The van der Waals surface area contributed by atoms with Crippen LogP contribution in [0.4, 0.5) is 17.1 Å². The topological polar surface area (TPSA) is 36.5 Å². The maximum Gasteiger partial charge on any atom is 0.175 e. The molecule has 0 atom stereocenters. The highest BCUT2D eigenvalue weighted by Crippen LogP contribution is 2.28. The van der Waals surface area contributed by atoms with Gasteiger partial charge in [0.25, 0.3) is 0 Å². The van der Waals surface area contributed by atoms with Crippen LogP contribution in [0.15, 0.2) is 42.5 Å². The number of benzene rings is 2. The van der Waals surface area contributed by atoms with E-state index in [2.05, 4.69) is 41.5 Å². The van der Waals surface area contributed by atoms with Crippen LogP contribution >= 0.6 is 23.8 Å². The van der Waals surface area contributed by atoms with E-state index in [-0.39, 0.29) is 0 Å². The van der Waals surface area contributed by atoms with Gasteiger partial charge in [-0.25, -0.2) is 0 Å². The van der Waals surface area contributed by atoms with Crippen molar-refractivity contribution in [2.75, 3.05) is 35.7 Å². The van der Waals surface area contributed by atoms with Crippen LogP contribution < -0.4 is 20.3 Å². The molecule has 2 aromatic rings. The Kier molecular flexibility index (Phi) is 6.70. The molecule has 0 radical (unpaired) electrons. The summed E-state index contributed by atoms with van der Waals surface area (Å²) in [5.74, 6) is 0.681. The van der Waals surface area contributed by atoms with E-state index in [1.54, 1.807) is 25.3 Å². The summed E-state index contributed by atoms with van der Waals surface area (Å²) in [5, 5.41) is 7.37. The second kappa shape index (κ2) is 8.76. The average Bonchev–Trinajstić information content (AvgIpc) is 2.57. The summed E-state index contributed by atoms with van der Waals surface area (Å²) in [5.41, 5.74) is 2.84. The standard InChI is InChI=1S/C18H22ClN3OS/c1-4-22(5-2)15-9-7-14(8-10-15)20-18(24)21-16-12-13(19)6-11-17(16)23-3/h6-12H,4-5H2,1-3H3,(H2,20,21,24). The molecule has 0 aliphatic rings. The lowest BCUT2D eigenvalue weighted by molar-refractivity contribution is 0.417. The van der Waals surface area contributed by atoms with Crippen molar-refractivity contribution in [1.29, 1.82) is 0 Å². The minimum atomic E-state index is 0.478. The molecule has 0 aliphatic heterocycles. The zero-order valence-electron chi connectivity index (χ0n) is 14.1. The molecule has 0 unspecified atom stereocenters. The minimum absolute atomic E-state index is 0.478. The number of hydrogen-bond donors (Lipinski definition) is 2. The Hall–Kier alpha value is -1.98. The number of anilines is 3. The fourth-order valence-corrected chi connectivity index (χ4v) is 2.81. The molecule has 2 N–H and O–H groups in total. The lowest BCUT2D eigenvalue weighted by Crippen LogP contribution is -2.22. The highest BCUT2D eigenvalue weighted by Gasteiger charge is 2.07. The Morgan fingerprint density at radius 2 is 1.75 bits per heavy atom. The fourth-order valence-electron chi connectivity index (χ4n) is 2.41. The van der Waals surface area contributed by atoms with E-state index in [0.717, 1.165) is 24.5 Å². The molecule has 6 heteroatoms. The molecule has 0 saturated heterocycles. The van der Waals surface area contributed by atoms with Gasteiger partial charge in [-0.3, -0.25) is 0 Å². The number of ether oxygens (including phenoxy) is 1. The van der Waals surface area contributed by atoms with Gasteiger partial charge in [0.1, 0.15) is 5.75 Å². The molecule has 0 saturated carbocycles. The zero-order chi connectivity index (χ0) is 17.5. The Morgan fingerprint density at radius 3 is 2.33 bits per heavy atom. The quantitative estimate of drug-likeness (QED) is 0.706. The van der Waals surface area contributed by atoms with Crippen LogP contribution in [0.25, 0.3) is 0 Å². The molecule has 0 spiro atoms. The molecular formula is C18H22ClN3OS. The van der Waals surface area contributed by atoms with Crippen LogP contribution in [0.3, 0.4) is 0 Å². The largest absolute Gasteiger partial charge is 0.495 e. The van der Waals surface area contributed by atoms with E-state index in [0.29, 0.717) is 15.9 Å². The van der Waals surface area contributed by atoms with Crippen molar-refractivity contribution in [2.24, 2.45) is 0 Å². The highest BCUT2D eigenvalue weighted by molar-refractivity contribution is 7.80. The number of thiocarbonyl (C=S) groups is 1. The van der Waals surface area contributed by atoms with Gasteiger partial charge in [-0.1, -0.05) is 11.6 Å². The summed E-state index contributed by atoms with van der Waals surface area (Å²) in [7, 11) is 1.61. The molecule has 128 valence electrons. The second-order valence-electron chi connectivity index (χ2n) is 5.14. The molecule has 4 nitrogen and oxygen atoms in total. The fraction of sp³-hybridized carbons (Fsp3) is 0.278. The number of methoxy groups -OCH3 is 1. The van der Waals surface area contributed by atoms with E-state index >= 15 is 0 Å². The maximum atomic E-state index is 6.03. The Labute approximate surface area is 153 Å². The van der Waals surface area contributed by atoms with Crippen LogP contribution in [0, 0.1) is 0 Å². The molecule has 0 heterocycles. The van der Waals surface area contributed by atoms with Crippen molar-refractivity contribution >= 4 is 46.0 Å². The predicted molar refractivity (Wildman–Crippen MR) is 108 cm³/mol. The van der Waals surface area contributed by atoms with Crippen LogP contribution in [-0.2, 0) is 0 Å². The van der Waals surface area contributed by atoms with Gasteiger partial charge in [-0.05, 0) is 68.5 Å². The zero-order valence-corrected chi connectivity index (χ0v) is 15.7. The molecule has 2 aromatic carbocycles. The molecule has 0 fully saturated rings. The summed E-state index contributed by atoms with van der Waals surface area (Å²) in [6.07, 6.45) is 0. The molecule has 0 aliphatic carbocycles. The Balaban J connectivity index is 2.04. The van der Waals surface area contributed by atoms with Crippen LogP contribution in [0.1, 0.15) is 13.8 Å². The maximum absolute atomic E-state index is 6.03. The SMILES string of the molecule is CCN(CC)c1ccc(NC(=S)Nc2cc(Cl)ccc2OC)cc1. The van der Waals surface area contributed by atoms with E-state index < -0.39 is 0 Å². The van der Waals surface area contributed by atoms with Crippen molar-refractivity contribution in [3.63, 3.8) is 0 Å². The van der Waals surface area contributed by atoms with Crippen LogP contribution in [-0.4, -0.2) is 25.3 Å². The lowest BCUT2D eigenvalue weighted by Gasteiger charge is -2.21. The van der Waals surface area contributed by atoms with Crippen molar-refractivity contribution in [3.05, 3.63) is 47.5 Å². The summed E-state index contributed by atoms with van der Waals surface area (Å²) in [6.45, 7) is 6.26. The smallest absolute Gasteiger partial charge is 0.175 e. The van der Waals surface area contributed by atoms with E-state index in [1.807, 2.05) is 12.1 Å². The summed E-state index contributed by atoms with van der Waals surface area (Å²) < 4.78 is 5.30. The first-order chi connectivity index (χ1) is 11.6. The number of rotatable bonds is 6. The third-order valence-electron chi connectivity index (χ3n) is 3.66. The summed E-state index contributed by atoms with van der Waals surface area (Å²) in [4.78, 5) is 2.29. The van der Waals surface area contributed by atoms with E-state index in [4.69, 9.17) is 28.6 Å². The van der Waals surface area contributed by atoms with Gasteiger partial charge < -0.3 is 20.3 Å². The highest BCUT2D eigenvalue weighted by atomic mass is 35.5. The summed E-state index contributed by atoms with van der Waals surface area (Å²) in [6, 6.07) is 13.5. The number of hydrogen-bond acceptors (Lipinski definition) is 3. The Bertz CT molecular complexity index is 687. The second-order valence-corrected chi connectivity index (χ2v) is 5.99. The van der Waals surface area contributed by atoms with Gasteiger partial charge in [-0.2, -0.15) is 0 Å². The van der Waals surface area contributed by atoms with Gasteiger partial charge in [0.15, 0.2) is 5.11 Å². The van der Waals surface area contributed by atoms with E-state index in [1.165, 1.54) is 5.69 Å². The monoisotopic (exact) mass is 363 g/mol. The van der Waals surface area contributed by atoms with Crippen molar-refractivity contribution in [1.82, 2.24) is 0 Å². The van der Waals surface area contributed by atoms with Gasteiger partial charge in [-0.15, -0.1) is 0 Å². The molecule has 0 aromatic heterocycles.